The number of carbonyl (C=O) groups excluding carboxylic acids is 1. The minimum absolute atomic E-state index is 0.124. The highest BCUT2D eigenvalue weighted by molar-refractivity contribution is 5.73. The van der Waals surface area contributed by atoms with Crippen molar-refractivity contribution in [1.82, 2.24) is 10.6 Å². The number of ether oxygens (including phenoxy) is 1. The number of nitrogens with one attached hydrogen (secondary N) is 2. The standard InChI is InChI=1S/C21H28N2O2/c1-16-8-4-5-11-19(16)12-14-23-21(24)22-13-7-15-25-20-17(2)9-6-10-18(20)3/h4-6,8-11H,7,12-15H2,1-3H3,(H2,22,23,24). The monoisotopic (exact) mass is 340 g/mol. The Morgan fingerprint density at radius 1 is 0.880 bits per heavy atom. The number of urea groups is 1. The van der Waals surface area contributed by atoms with Gasteiger partial charge in [-0.2, -0.15) is 0 Å². The fourth-order valence-electron chi connectivity index (χ4n) is 2.74. The first-order valence-electron chi connectivity index (χ1n) is 8.83. The number of aryl methyl sites for hydroxylation is 3. The van der Waals surface area contributed by atoms with Crippen LogP contribution in [0.1, 0.15) is 28.7 Å². The molecule has 4 heteroatoms. The van der Waals surface area contributed by atoms with Crippen molar-refractivity contribution in [3.63, 3.8) is 0 Å². The number of carbonyl (C=O) groups is 1. The Hall–Kier alpha value is -2.49. The van der Waals surface area contributed by atoms with Crippen molar-refractivity contribution in [3.05, 3.63) is 64.7 Å². The fourth-order valence-corrected chi connectivity index (χ4v) is 2.74. The van der Waals surface area contributed by atoms with Crippen molar-refractivity contribution in [2.24, 2.45) is 0 Å². The maximum absolute atomic E-state index is 11.8. The van der Waals surface area contributed by atoms with Gasteiger partial charge in [-0.15, -0.1) is 0 Å². The van der Waals surface area contributed by atoms with Crippen LogP contribution in [-0.4, -0.2) is 25.7 Å². The molecule has 2 N–H and O–H groups in total. The van der Waals surface area contributed by atoms with Crippen molar-refractivity contribution < 1.29 is 9.53 Å². The molecule has 2 amide bonds. The predicted octanol–water partition coefficient (Wildman–Crippen LogP) is 3.92. The number of hydrogen-bond donors (Lipinski definition) is 2. The second kappa shape index (κ2) is 9.72. The van der Waals surface area contributed by atoms with Crippen LogP contribution < -0.4 is 15.4 Å². The zero-order valence-electron chi connectivity index (χ0n) is 15.4. The number of amides is 2. The molecule has 0 radical (unpaired) electrons. The summed E-state index contributed by atoms with van der Waals surface area (Å²) in [6.45, 7) is 8.00. The molecule has 0 fully saturated rings. The number of rotatable bonds is 8. The maximum atomic E-state index is 11.8. The van der Waals surface area contributed by atoms with E-state index in [1.54, 1.807) is 0 Å². The molecule has 4 nitrogen and oxygen atoms in total. The van der Waals surface area contributed by atoms with E-state index >= 15 is 0 Å². The second-order valence-corrected chi connectivity index (χ2v) is 6.28. The van der Waals surface area contributed by atoms with E-state index in [0.29, 0.717) is 19.7 Å². The molecule has 0 atom stereocenters. The van der Waals surface area contributed by atoms with Gasteiger partial charge >= 0.3 is 6.03 Å². The molecule has 25 heavy (non-hydrogen) atoms. The van der Waals surface area contributed by atoms with E-state index in [-0.39, 0.29) is 6.03 Å². The Morgan fingerprint density at radius 3 is 2.24 bits per heavy atom. The highest BCUT2D eigenvalue weighted by Gasteiger charge is 2.04. The maximum Gasteiger partial charge on any atom is 0.314 e. The fraction of sp³-hybridized carbons (Fsp3) is 0.381. The van der Waals surface area contributed by atoms with Crippen molar-refractivity contribution in [3.8, 4) is 5.75 Å². The molecule has 0 saturated carbocycles. The van der Waals surface area contributed by atoms with Gasteiger partial charge in [0.25, 0.3) is 0 Å². The molecule has 0 aliphatic rings. The molecule has 0 aliphatic carbocycles. The van der Waals surface area contributed by atoms with Crippen molar-refractivity contribution in [1.29, 1.82) is 0 Å². The molecule has 2 aromatic rings. The van der Waals surface area contributed by atoms with E-state index < -0.39 is 0 Å². The second-order valence-electron chi connectivity index (χ2n) is 6.28. The summed E-state index contributed by atoms with van der Waals surface area (Å²) in [5, 5.41) is 5.76. The van der Waals surface area contributed by atoms with Crippen LogP contribution in [0.5, 0.6) is 5.75 Å². The topological polar surface area (TPSA) is 50.4 Å². The summed E-state index contributed by atoms with van der Waals surface area (Å²) in [6.07, 6.45) is 1.62. The number of hydrogen-bond acceptors (Lipinski definition) is 2. The lowest BCUT2D eigenvalue weighted by Gasteiger charge is -2.12. The summed E-state index contributed by atoms with van der Waals surface area (Å²) in [4.78, 5) is 11.8. The lowest BCUT2D eigenvalue weighted by molar-refractivity contribution is 0.239. The quantitative estimate of drug-likeness (QED) is 0.716. The van der Waals surface area contributed by atoms with E-state index in [0.717, 1.165) is 29.7 Å². The summed E-state index contributed by atoms with van der Waals surface area (Å²) in [5.41, 5.74) is 4.81. The van der Waals surface area contributed by atoms with Crippen molar-refractivity contribution in [2.75, 3.05) is 19.7 Å². The predicted molar refractivity (Wildman–Crippen MR) is 102 cm³/mol. The third-order valence-electron chi connectivity index (χ3n) is 4.20. The Kier molecular flexibility index (Phi) is 7.33. The largest absolute Gasteiger partial charge is 0.493 e. The smallest absolute Gasteiger partial charge is 0.314 e. The summed E-state index contributed by atoms with van der Waals surface area (Å²) in [5.74, 6) is 0.949. The Morgan fingerprint density at radius 2 is 1.52 bits per heavy atom. The molecule has 0 aliphatic heterocycles. The average molecular weight is 340 g/mol. The van der Waals surface area contributed by atoms with Gasteiger partial charge in [0.1, 0.15) is 5.75 Å². The molecule has 2 rings (SSSR count). The molecule has 134 valence electrons. The van der Waals surface area contributed by atoms with E-state index in [9.17, 15) is 4.79 Å². The molecule has 0 spiro atoms. The lowest BCUT2D eigenvalue weighted by Crippen LogP contribution is -2.37. The van der Waals surface area contributed by atoms with Crippen LogP contribution in [0.15, 0.2) is 42.5 Å². The highest BCUT2D eigenvalue weighted by atomic mass is 16.5. The highest BCUT2D eigenvalue weighted by Crippen LogP contribution is 2.22. The minimum Gasteiger partial charge on any atom is -0.493 e. The average Bonchev–Trinajstić information content (AvgIpc) is 2.58. The normalized spacial score (nSPS) is 10.4. The van der Waals surface area contributed by atoms with Gasteiger partial charge in [0.05, 0.1) is 6.61 Å². The Bertz CT molecular complexity index is 678. The van der Waals surface area contributed by atoms with Crippen LogP contribution in [0, 0.1) is 20.8 Å². The van der Waals surface area contributed by atoms with Crippen molar-refractivity contribution in [2.45, 2.75) is 33.6 Å². The molecular weight excluding hydrogens is 312 g/mol. The summed E-state index contributed by atoms with van der Waals surface area (Å²) in [6, 6.07) is 14.2. The van der Waals surface area contributed by atoms with Gasteiger partial charge in [-0.3, -0.25) is 0 Å². The van der Waals surface area contributed by atoms with Gasteiger partial charge in [0.15, 0.2) is 0 Å². The van der Waals surface area contributed by atoms with Gasteiger partial charge in [-0.1, -0.05) is 42.5 Å². The molecule has 0 saturated heterocycles. The zero-order chi connectivity index (χ0) is 18.1. The van der Waals surface area contributed by atoms with Crippen LogP contribution in [-0.2, 0) is 6.42 Å². The van der Waals surface area contributed by atoms with Crippen LogP contribution in [0.25, 0.3) is 0 Å². The van der Waals surface area contributed by atoms with E-state index in [1.165, 1.54) is 11.1 Å². The van der Waals surface area contributed by atoms with E-state index in [4.69, 9.17) is 4.74 Å². The first-order chi connectivity index (χ1) is 12.1. The van der Waals surface area contributed by atoms with Crippen LogP contribution in [0.2, 0.25) is 0 Å². The van der Waals surface area contributed by atoms with Gasteiger partial charge < -0.3 is 15.4 Å². The van der Waals surface area contributed by atoms with Gasteiger partial charge in [0, 0.05) is 13.1 Å². The van der Waals surface area contributed by atoms with Crippen LogP contribution in [0.4, 0.5) is 4.79 Å². The van der Waals surface area contributed by atoms with E-state index in [2.05, 4.69) is 29.7 Å². The first kappa shape index (κ1) is 18.8. The minimum atomic E-state index is -0.124. The molecule has 0 heterocycles. The molecular formula is C21H28N2O2. The van der Waals surface area contributed by atoms with Gasteiger partial charge in [-0.25, -0.2) is 4.79 Å². The molecule has 2 aromatic carbocycles. The molecule has 0 aromatic heterocycles. The summed E-state index contributed by atoms with van der Waals surface area (Å²) >= 11 is 0. The third-order valence-corrected chi connectivity index (χ3v) is 4.20. The van der Waals surface area contributed by atoms with Gasteiger partial charge in [-0.05, 0) is 55.9 Å². The summed E-state index contributed by atoms with van der Waals surface area (Å²) < 4.78 is 5.83. The SMILES string of the molecule is Cc1ccccc1CCNC(=O)NCCCOc1c(C)cccc1C. The van der Waals surface area contributed by atoms with Crippen molar-refractivity contribution >= 4 is 6.03 Å². The summed E-state index contributed by atoms with van der Waals surface area (Å²) in [7, 11) is 0. The first-order valence-corrected chi connectivity index (χ1v) is 8.83. The molecule has 0 bridgehead atoms. The zero-order valence-corrected chi connectivity index (χ0v) is 15.4. The number of para-hydroxylation sites is 1. The van der Waals surface area contributed by atoms with Crippen LogP contribution in [0.3, 0.4) is 0 Å². The number of benzene rings is 2. The Balaban J connectivity index is 1.59. The van der Waals surface area contributed by atoms with Gasteiger partial charge in [0.2, 0.25) is 0 Å². The lowest BCUT2D eigenvalue weighted by atomic mass is 10.1. The third kappa shape index (κ3) is 6.14. The van der Waals surface area contributed by atoms with E-state index in [1.807, 2.05) is 44.2 Å². The molecule has 0 unspecified atom stereocenters. The van der Waals surface area contributed by atoms with Crippen LogP contribution >= 0.6 is 0 Å². The Labute approximate surface area is 150 Å².